The molecule has 0 unspecified atom stereocenters. The van der Waals surface area contributed by atoms with Crippen molar-refractivity contribution in [2.45, 2.75) is 31.7 Å². The molecule has 1 N–H and O–H groups in total. The summed E-state index contributed by atoms with van der Waals surface area (Å²) in [6, 6.07) is 5.98. The lowest BCUT2D eigenvalue weighted by Crippen LogP contribution is -2.51. The summed E-state index contributed by atoms with van der Waals surface area (Å²) >= 11 is 1.92. The highest BCUT2D eigenvalue weighted by Gasteiger charge is 2.28. The second-order valence-electron chi connectivity index (χ2n) is 5.64. The number of pyridine rings is 1. The predicted octanol–water partition coefficient (Wildman–Crippen LogP) is 2.30. The van der Waals surface area contributed by atoms with Crippen molar-refractivity contribution in [1.82, 2.24) is 25.0 Å². The highest BCUT2D eigenvalue weighted by atomic mass is 32.2. The van der Waals surface area contributed by atoms with Crippen molar-refractivity contribution in [2.24, 2.45) is 0 Å². The van der Waals surface area contributed by atoms with E-state index < -0.39 is 0 Å². The van der Waals surface area contributed by atoms with Crippen molar-refractivity contribution in [3.8, 4) is 5.82 Å². The molecule has 0 aromatic carbocycles. The predicted molar refractivity (Wildman–Crippen MR) is 91.7 cm³/mol. The average molecular weight is 331 g/mol. The quantitative estimate of drug-likeness (QED) is 0.937. The Labute approximate surface area is 140 Å². The summed E-state index contributed by atoms with van der Waals surface area (Å²) in [5.41, 5.74) is 0.973. The molecular formula is C16H21N5OS. The van der Waals surface area contributed by atoms with E-state index in [1.165, 1.54) is 0 Å². The molecule has 2 amide bonds. The van der Waals surface area contributed by atoms with Crippen LogP contribution >= 0.6 is 11.8 Å². The lowest BCUT2D eigenvalue weighted by molar-refractivity contribution is 0.180. The molecule has 0 spiro atoms. The molecule has 1 aliphatic rings. The van der Waals surface area contributed by atoms with Crippen LogP contribution in [0.3, 0.4) is 0 Å². The zero-order valence-corrected chi connectivity index (χ0v) is 14.2. The smallest absolute Gasteiger partial charge is 0.317 e. The standard InChI is InChI=1S/C16H21N5OS/c1-12-13(2)23-9-8-20(12)16(22)18-11-14-4-5-15(17-10-14)21-7-3-6-19-21/h3-7,10,12-13H,8-9,11H2,1-2H3,(H,18,22)/t12-,13-/m0/s1. The maximum Gasteiger partial charge on any atom is 0.317 e. The second-order valence-corrected chi connectivity index (χ2v) is 7.13. The number of carbonyl (C=O) groups is 1. The molecule has 2 aromatic heterocycles. The zero-order valence-electron chi connectivity index (χ0n) is 13.3. The van der Waals surface area contributed by atoms with Gasteiger partial charge in [0.15, 0.2) is 5.82 Å². The summed E-state index contributed by atoms with van der Waals surface area (Å²) in [6.07, 6.45) is 5.34. The summed E-state index contributed by atoms with van der Waals surface area (Å²) in [7, 11) is 0. The van der Waals surface area contributed by atoms with Crippen molar-refractivity contribution < 1.29 is 4.79 Å². The molecule has 7 heteroatoms. The Hall–Kier alpha value is -2.02. The fourth-order valence-electron chi connectivity index (χ4n) is 2.56. The number of carbonyl (C=O) groups excluding carboxylic acids is 1. The number of thioether (sulfide) groups is 1. The van der Waals surface area contributed by atoms with Crippen LogP contribution in [0.2, 0.25) is 0 Å². The SMILES string of the molecule is C[C@@H]1SCCN(C(=O)NCc2ccc(-n3cccn3)nc2)[C@H]1C. The van der Waals surface area contributed by atoms with Crippen LogP contribution in [0, 0.1) is 0 Å². The molecule has 3 heterocycles. The fourth-order valence-corrected chi connectivity index (χ4v) is 3.66. The fraction of sp³-hybridized carbons (Fsp3) is 0.438. The Morgan fingerprint density at radius 1 is 1.43 bits per heavy atom. The third-order valence-electron chi connectivity index (χ3n) is 4.14. The number of aromatic nitrogens is 3. The van der Waals surface area contributed by atoms with Gasteiger partial charge in [-0.25, -0.2) is 14.5 Å². The van der Waals surface area contributed by atoms with Gasteiger partial charge in [-0.2, -0.15) is 16.9 Å². The molecule has 2 aromatic rings. The summed E-state index contributed by atoms with van der Waals surface area (Å²) < 4.78 is 1.71. The maximum atomic E-state index is 12.4. The van der Waals surface area contributed by atoms with E-state index in [-0.39, 0.29) is 12.1 Å². The monoisotopic (exact) mass is 331 g/mol. The third-order valence-corrected chi connectivity index (χ3v) is 5.47. The Morgan fingerprint density at radius 2 is 2.30 bits per heavy atom. The highest BCUT2D eigenvalue weighted by molar-refractivity contribution is 8.00. The molecule has 2 atom stereocenters. The minimum absolute atomic E-state index is 0.000743. The van der Waals surface area contributed by atoms with Crippen LogP contribution < -0.4 is 5.32 Å². The lowest BCUT2D eigenvalue weighted by Gasteiger charge is -2.37. The number of nitrogens with one attached hydrogen (secondary N) is 1. The van der Waals surface area contributed by atoms with E-state index in [0.29, 0.717) is 11.8 Å². The molecule has 0 aliphatic carbocycles. The van der Waals surface area contributed by atoms with Gasteiger partial charge < -0.3 is 10.2 Å². The van der Waals surface area contributed by atoms with Crippen molar-refractivity contribution >= 4 is 17.8 Å². The second kappa shape index (κ2) is 7.04. The van der Waals surface area contributed by atoms with E-state index in [0.717, 1.165) is 23.7 Å². The molecule has 6 nitrogen and oxygen atoms in total. The molecule has 1 fully saturated rings. The number of urea groups is 1. The minimum Gasteiger partial charge on any atom is -0.334 e. The molecule has 1 aliphatic heterocycles. The van der Waals surface area contributed by atoms with Crippen molar-refractivity contribution in [2.75, 3.05) is 12.3 Å². The summed E-state index contributed by atoms with van der Waals surface area (Å²) in [5.74, 6) is 1.76. The molecule has 1 saturated heterocycles. The number of nitrogens with zero attached hydrogens (tertiary/aromatic N) is 4. The topological polar surface area (TPSA) is 63.1 Å². The van der Waals surface area contributed by atoms with Crippen LogP contribution in [-0.4, -0.2) is 49.3 Å². The van der Waals surface area contributed by atoms with Gasteiger partial charge in [0, 0.05) is 48.7 Å². The molecular weight excluding hydrogens is 310 g/mol. The van der Waals surface area contributed by atoms with E-state index in [2.05, 4.69) is 29.2 Å². The van der Waals surface area contributed by atoms with Gasteiger partial charge in [-0.3, -0.25) is 0 Å². The van der Waals surface area contributed by atoms with E-state index in [9.17, 15) is 4.79 Å². The van der Waals surface area contributed by atoms with Crippen LogP contribution in [0.4, 0.5) is 4.79 Å². The van der Waals surface area contributed by atoms with Gasteiger partial charge in [0.25, 0.3) is 0 Å². The zero-order chi connectivity index (χ0) is 16.2. The van der Waals surface area contributed by atoms with Gasteiger partial charge in [0.1, 0.15) is 0 Å². The Balaban J connectivity index is 1.56. The first-order valence-electron chi connectivity index (χ1n) is 7.76. The number of hydrogen-bond acceptors (Lipinski definition) is 4. The third kappa shape index (κ3) is 3.67. The van der Waals surface area contributed by atoms with Crippen molar-refractivity contribution in [3.05, 3.63) is 42.4 Å². The number of amides is 2. The molecule has 0 saturated carbocycles. The summed E-state index contributed by atoms with van der Waals surface area (Å²) in [5, 5.41) is 7.61. The normalized spacial score (nSPS) is 21.2. The van der Waals surface area contributed by atoms with E-state index >= 15 is 0 Å². The van der Waals surface area contributed by atoms with Gasteiger partial charge in [-0.1, -0.05) is 13.0 Å². The molecule has 23 heavy (non-hydrogen) atoms. The van der Waals surface area contributed by atoms with Crippen LogP contribution in [0.5, 0.6) is 0 Å². The largest absolute Gasteiger partial charge is 0.334 e. The van der Waals surface area contributed by atoms with Crippen LogP contribution in [0.25, 0.3) is 5.82 Å². The first kappa shape index (κ1) is 15.9. The van der Waals surface area contributed by atoms with Crippen LogP contribution in [0.1, 0.15) is 19.4 Å². The van der Waals surface area contributed by atoms with Gasteiger partial charge in [0.05, 0.1) is 0 Å². The first-order chi connectivity index (χ1) is 11.1. The first-order valence-corrected chi connectivity index (χ1v) is 8.81. The van der Waals surface area contributed by atoms with E-state index in [1.54, 1.807) is 17.1 Å². The molecule has 0 bridgehead atoms. The van der Waals surface area contributed by atoms with Gasteiger partial charge in [-0.05, 0) is 24.6 Å². The molecule has 122 valence electrons. The van der Waals surface area contributed by atoms with E-state index in [1.807, 2.05) is 41.1 Å². The van der Waals surface area contributed by atoms with Gasteiger partial charge in [-0.15, -0.1) is 0 Å². The van der Waals surface area contributed by atoms with E-state index in [4.69, 9.17) is 0 Å². The van der Waals surface area contributed by atoms with Crippen LogP contribution in [-0.2, 0) is 6.54 Å². The van der Waals surface area contributed by atoms with Crippen molar-refractivity contribution in [3.63, 3.8) is 0 Å². The minimum atomic E-state index is 0.000743. The molecule has 3 rings (SSSR count). The number of rotatable bonds is 3. The van der Waals surface area contributed by atoms with Crippen LogP contribution in [0.15, 0.2) is 36.8 Å². The molecule has 0 radical (unpaired) electrons. The van der Waals surface area contributed by atoms with Gasteiger partial charge in [0.2, 0.25) is 0 Å². The average Bonchev–Trinajstić information content (AvgIpc) is 3.10. The van der Waals surface area contributed by atoms with Gasteiger partial charge >= 0.3 is 6.03 Å². The Morgan fingerprint density at radius 3 is 3.00 bits per heavy atom. The summed E-state index contributed by atoms with van der Waals surface area (Å²) in [6.45, 7) is 5.57. The lowest BCUT2D eigenvalue weighted by atomic mass is 10.2. The maximum absolute atomic E-state index is 12.4. The Kier molecular flexibility index (Phi) is 4.85. The number of hydrogen-bond donors (Lipinski definition) is 1. The Bertz CT molecular complexity index is 643. The highest BCUT2D eigenvalue weighted by Crippen LogP contribution is 2.24. The van der Waals surface area contributed by atoms with Crippen molar-refractivity contribution in [1.29, 1.82) is 0 Å². The summed E-state index contributed by atoms with van der Waals surface area (Å²) in [4.78, 5) is 18.6.